The van der Waals surface area contributed by atoms with E-state index in [0.717, 1.165) is 25.9 Å². The Balaban J connectivity index is 2.69. The van der Waals surface area contributed by atoms with Crippen molar-refractivity contribution in [3.63, 3.8) is 0 Å². The number of nitrogens with two attached hydrogens (primary N) is 1. The van der Waals surface area contributed by atoms with Gasteiger partial charge in [-0.3, -0.25) is 0 Å². The second-order valence-corrected chi connectivity index (χ2v) is 6.71. The highest BCUT2D eigenvalue weighted by molar-refractivity contribution is 5.28. The number of hydrogen-bond donors (Lipinski definition) is 2. The third-order valence-electron chi connectivity index (χ3n) is 3.92. The van der Waals surface area contributed by atoms with Gasteiger partial charge in [0, 0.05) is 17.5 Å². The molecule has 0 saturated heterocycles. The highest BCUT2D eigenvalue weighted by Gasteiger charge is 2.24. The van der Waals surface area contributed by atoms with Crippen molar-refractivity contribution in [2.24, 2.45) is 5.73 Å². The van der Waals surface area contributed by atoms with Crippen LogP contribution in [0.25, 0.3) is 0 Å². The minimum Gasteiger partial charge on any atom is -0.330 e. The van der Waals surface area contributed by atoms with Gasteiger partial charge in [0.2, 0.25) is 0 Å². The third kappa shape index (κ3) is 4.96. The van der Waals surface area contributed by atoms with Crippen LogP contribution in [-0.2, 0) is 11.8 Å². The summed E-state index contributed by atoms with van der Waals surface area (Å²) in [6.45, 7) is 12.9. The van der Waals surface area contributed by atoms with Crippen LogP contribution in [0.15, 0.2) is 24.3 Å². The zero-order chi connectivity index (χ0) is 14.5. The van der Waals surface area contributed by atoms with Crippen molar-refractivity contribution in [3.05, 3.63) is 35.4 Å². The predicted molar refractivity (Wildman–Crippen MR) is 84.6 cm³/mol. The maximum absolute atomic E-state index is 5.66. The fourth-order valence-corrected chi connectivity index (χ4v) is 2.20. The van der Waals surface area contributed by atoms with Crippen molar-refractivity contribution in [1.82, 2.24) is 5.32 Å². The highest BCUT2D eigenvalue weighted by atomic mass is 15.0. The standard InChI is InChI=1S/C17H30N2/c1-6-14-7-9-15(10-8-14)16(2,3)13-19-17(4,5)11-12-18/h7-10,19H,6,11-13,18H2,1-5H3. The van der Waals surface area contributed by atoms with E-state index in [1.807, 2.05) is 0 Å². The lowest BCUT2D eigenvalue weighted by atomic mass is 9.83. The quantitative estimate of drug-likeness (QED) is 0.791. The first-order valence-electron chi connectivity index (χ1n) is 7.35. The van der Waals surface area contributed by atoms with E-state index in [9.17, 15) is 0 Å². The molecule has 1 rings (SSSR count). The van der Waals surface area contributed by atoms with E-state index in [1.54, 1.807) is 0 Å². The Bertz CT molecular complexity index is 377. The Kier molecular flexibility index (Phi) is 5.57. The van der Waals surface area contributed by atoms with E-state index < -0.39 is 0 Å². The lowest BCUT2D eigenvalue weighted by Gasteiger charge is -2.33. The molecule has 0 radical (unpaired) electrons. The largest absolute Gasteiger partial charge is 0.330 e. The molecule has 0 aromatic heterocycles. The molecule has 2 nitrogen and oxygen atoms in total. The second-order valence-electron chi connectivity index (χ2n) is 6.71. The summed E-state index contributed by atoms with van der Waals surface area (Å²) >= 11 is 0. The van der Waals surface area contributed by atoms with Crippen molar-refractivity contribution in [2.45, 2.75) is 58.4 Å². The minimum atomic E-state index is 0.107. The summed E-state index contributed by atoms with van der Waals surface area (Å²) in [6.07, 6.45) is 2.10. The Labute approximate surface area is 118 Å². The summed E-state index contributed by atoms with van der Waals surface area (Å²) in [5.74, 6) is 0. The summed E-state index contributed by atoms with van der Waals surface area (Å²) in [7, 11) is 0. The van der Waals surface area contributed by atoms with Crippen molar-refractivity contribution in [2.75, 3.05) is 13.1 Å². The average molecular weight is 262 g/mol. The van der Waals surface area contributed by atoms with Crippen LogP contribution in [0.5, 0.6) is 0 Å². The van der Waals surface area contributed by atoms with Gasteiger partial charge < -0.3 is 11.1 Å². The summed E-state index contributed by atoms with van der Waals surface area (Å²) in [5.41, 5.74) is 8.69. The Morgan fingerprint density at radius 1 is 1.05 bits per heavy atom. The van der Waals surface area contributed by atoms with E-state index in [0.29, 0.717) is 0 Å². The fraction of sp³-hybridized carbons (Fsp3) is 0.647. The Morgan fingerprint density at radius 2 is 1.63 bits per heavy atom. The number of nitrogens with one attached hydrogen (secondary N) is 1. The zero-order valence-electron chi connectivity index (χ0n) is 13.2. The molecule has 0 aliphatic carbocycles. The van der Waals surface area contributed by atoms with E-state index in [4.69, 9.17) is 5.73 Å². The molecule has 1 aromatic rings. The van der Waals surface area contributed by atoms with Crippen LogP contribution in [0.2, 0.25) is 0 Å². The lowest BCUT2D eigenvalue weighted by molar-refractivity contribution is 0.326. The molecule has 0 saturated carbocycles. The molecule has 0 amide bonds. The Hall–Kier alpha value is -0.860. The summed E-state index contributed by atoms with van der Waals surface area (Å²) in [4.78, 5) is 0. The van der Waals surface area contributed by atoms with Crippen LogP contribution in [0.1, 0.15) is 52.2 Å². The van der Waals surface area contributed by atoms with Crippen molar-refractivity contribution in [1.29, 1.82) is 0 Å². The van der Waals surface area contributed by atoms with Gasteiger partial charge in [0.1, 0.15) is 0 Å². The molecule has 19 heavy (non-hydrogen) atoms. The molecule has 108 valence electrons. The number of hydrogen-bond acceptors (Lipinski definition) is 2. The number of rotatable bonds is 7. The first-order chi connectivity index (χ1) is 8.80. The van der Waals surface area contributed by atoms with Crippen LogP contribution in [0.4, 0.5) is 0 Å². The number of aryl methyl sites for hydroxylation is 1. The van der Waals surface area contributed by atoms with Gasteiger partial charge in [-0.05, 0) is 44.4 Å². The molecular formula is C17H30N2. The number of benzene rings is 1. The first-order valence-corrected chi connectivity index (χ1v) is 7.35. The van der Waals surface area contributed by atoms with E-state index >= 15 is 0 Å². The van der Waals surface area contributed by atoms with Crippen LogP contribution >= 0.6 is 0 Å². The highest BCUT2D eigenvalue weighted by Crippen LogP contribution is 2.24. The molecule has 0 aliphatic heterocycles. The van der Waals surface area contributed by atoms with E-state index in [2.05, 4.69) is 64.2 Å². The molecule has 0 heterocycles. The maximum Gasteiger partial charge on any atom is 0.0137 e. The first kappa shape index (κ1) is 16.2. The normalized spacial score (nSPS) is 12.7. The van der Waals surface area contributed by atoms with Gasteiger partial charge in [-0.2, -0.15) is 0 Å². The molecule has 0 unspecified atom stereocenters. The molecule has 0 fully saturated rings. The smallest absolute Gasteiger partial charge is 0.0137 e. The fourth-order valence-electron chi connectivity index (χ4n) is 2.20. The maximum atomic E-state index is 5.66. The van der Waals surface area contributed by atoms with Gasteiger partial charge in [0.15, 0.2) is 0 Å². The third-order valence-corrected chi connectivity index (χ3v) is 3.92. The molecule has 0 atom stereocenters. The van der Waals surface area contributed by atoms with Crippen molar-refractivity contribution in [3.8, 4) is 0 Å². The van der Waals surface area contributed by atoms with Gasteiger partial charge in [-0.1, -0.05) is 45.0 Å². The topological polar surface area (TPSA) is 38.0 Å². The van der Waals surface area contributed by atoms with Gasteiger partial charge in [-0.25, -0.2) is 0 Å². The van der Waals surface area contributed by atoms with Crippen LogP contribution in [0, 0.1) is 0 Å². The van der Waals surface area contributed by atoms with Crippen LogP contribution < -0.4 is 11.1 Å². The summed E-state index contributed by atoms with van der Waals surface area (Å²) in [5, 5.41) is 3.65. The predicted octanol–water partition coefficient (Wildman–Crippen LogP) is 3.24. The summed E-state index contributed by atoms with van der Waals surface area (Å²) in [6, 6.07) is 9.00. The van der Waals surface area contributed by atoms with Gasteiger partial charge >= 0.3 is 0 Å². The molecular weight excluding hydrogens is 232 g/mol. The van der Waals surface area contributed by atoms with Crippen molar-refractivity contribution < 1.29 is 0 Å². The zero-order valence-corrected chi connectivity index (χ0v) is 13.2. The van der Waals surface area contributed by atoms with Crippen LogP contribution in [0.3, 0.4) is 0 Å². The molecule has 0 spiro atoms. The lowest BCUT2D eigenvalue weighted by Crippen LogP contribution is -2.46. The molecule has 2 heteroatoms. The van der Waals surface area contributed by atoms with Gasteiger partial charge in [0.05, 0.1) is 0 Å². The minimum absolute atomic E-state index is 0.107. The van der Waals surface area contributed by atoms with E-state index in [-0.39, 0.29) is 11.0 Å². The molecule has 0 bridgehead atoms. The van der Waals surface area contributed by atoms with Gasteiger partial charge in [0.25, 0.3) is 0 Å². The molecule has 0 aliphatic rings. The SMILES string of the molecule is CCc1ccc(C(C)(C)CNC(C)(C)CCN)cc1. The molecule has 3 N–H and O–H groups in total. The second kappa shape index (κ2) is 6.53. The average Bonchev–Trinajstić information content (AvgIpc) is 2.37. The Morgan fingerprint density at radius 3 is 2.11 bits per heavy atom. The van der Waals surface area contributed by atoms with E-state index in [1.165, 1.54) is 11.1 Å². The summed E-state index contributed by atoms with van der Waals surface area (Å²) < 4.78 is 0. The molecule has 1 aromatic carbocycles. The van der Waals surface area contributed by atoms with Crippen molar-refractivity contribution >= 4 is 0 Å². The van der Waals surface area contributed by atoms with Gasteiger partial charge in [-0.15, -0.1) is 0 Å². The van der Waals surface area contributed by atoms with Crippen LogP contribution in [-0.4, -0.2) is 18.6 Å². The monoisotopic (exact) mass is 262 g/mol.